The number of aliphatic hydroxyl groups is 1. The fourth-order valence-corrected chi connectivity index (χ4v) is 12.3. The van der Waals surface area contributed by atoms with Crippen molar-refractivity contribution in [1.82, 2.24) is 15.2 Å². The Kier molecular flexibility index (Phi) is 7.52. The predicted octanol–water partition coefficient (Wildman–Crippen LogP) is 2.03. The van der Waals surface area contributed by atoms with Gasteiger partial charge in [-0.05, 0) is 49.1 Å². The lowest BCUT2D eigenvalue weighted by Crippen LogP contribution is -2.81. The smallest absolute Gasteiger partial charge is 0.344 e. The number of carbonyl (C=O) groups is 5. The molecule has 3 fully saturated rings. The van der Waals surface area contributed by atoms with E-state index >= 15 is 0 Å². The van der Waals surface area contributed by atoms with E-state index in [-0.39, 0.29) is 12.2 Å². The molecule has 14 heteroatoms. The molecule has 9 atom stereocenters. The van der Waals surface area contributed by atoms with Crippen molar-refractivity contribution < 1.29 is 48.0 Å². The Labute approximate surface area is 317 Å². The first-order chi connectivity index (χ1) is 26.3. The van der Waals surface area contributed by atoms with Gasteiger partial charge in [0.05, 0.1) is 39.2 Å². The van der Waals surface area contributed by atoms with Gasteiger partial charge in [-0.3, -0.25) is 29.4 Å². The number of benzene rings is 2. The van der Waals surface area contributed by atoms with Crippen LogP contribution in [0.2, 0.25) is 0 Å². The number of carbonyl (C=O) groups excluding carboxylic acids is 5. The van der Waals surface area contributed by atoms with Crippen LogP contribution in [0.4, 0.5) is 5.69 Å². The van der Waals surface area contributed by atoms with Crippen LogP contribution in [0.1, 0.15) is 49.1 Å². The van der Waals surface area contributed by atoms with E-state index < -0.39 is 81.6 Å². The standard InChI is InChI=1S/C41H44N4O10/c1-7-38-13-10-15-45-16-14-39(33(38)45)24-18-25(28(52-4)19-27(24)44(3)34(39)41(51,37(50)54-6)35(38)55-20(2)46)40(36(49)53-5)29-23(31(47)43-32(29)48)17-22-21-11-8-9-12-26(21)42-30(22)40/h8-13,18-19,23,29,33-35,42,51H,7,14-17H2,1-6H3,(H,43,47,48)/t23-,29+,33+,34-,35-,38-,39-,40-,41+/m1/s1. The average molecular weight is 753 g/mol. The maximum Gasteiger partial charge on any atom is 0.344 e. The minimum Gasteiger partial charge on any atom is -0.496 e. The van der Waals surface area contributed by atoms with Gasteiger partial charge in [-0.1, -0.05) is 37.3 Å². The summed E-state index contributed by atoms with van der Waals surface area (Å²) in [4.78, 5) is 77.5. The number of nitrogens with one attached hydrogen (secondary N) is 2. The topological polar surface area (TPSA) is 177 Å². The second kappa shape index (κ2) is 11.7. The van der Waals surface area contributed by atoms with E-state index in [0.717, 1.165) is 16.5 Å². The fraction of sp³-hybridized carbons (Fsp3) is 0.488. The van der Waals surface area contributed by atoms with Crippen LogP contribution in [-0.2, 0) is 55.4 Å². The Balaban J connectivity index is 1.40. The molecule has 4 aliphatic heterocycles. The zero-order valence-electron chi connectivity index (χ0n) is 31.6. The highest BCUT2D eigenvalue weighted by Crippen LogP contribution is 2.68. The molecule has 2 saturated heterocycles. The third kappa shape index (κ3) is 3.98. The molecule has 1 spiro atoms. The number of anilines is 1. The highest BCUT2D eigenvalue weighted by atomic mass is 16.6. The van der Waals surface area contributed by atoms with Gasteiger partial charge in [0.25, 0.3) is 0 Å². The van der Waals surface area contributed by atoms with E-state index in [1.54, 1.807) is 13.1 Å². The summed E-state index contributed by atoms with van der Waals surface area (Å²) in [7, 11) is 5.71. The molecule has 1 aromatic heterocycles. The van der Waals surface area contributed by atoms with Gasteiger partial charge in [-0.15, -0.1) is 0 Å². The van der Waals surface area contributed by atoms with Crippen molar-refractivity contribution in [3.05, 3.63) is 70.9 Å². The number of fused-ring (bicyclic) bond motifs is 5. The largest absolute Gasteiger partial charge is 0.496 e. The number of para-hydroxylation sites is 1. The van der Waals surface area contributed by atoms with Crippen LogP contribution in [0.5, 0.6) is 5.75 Å². The molecular weight excluding hydrogens is 708 g/mol. The molecule has 0 unspecified atom stereocenters. The zero-order valence-corrected chi connectivity index (χ0v) is 31.6. The van der Waals surface area contributed by atoms with Gasteiger partial charge in [-0.25, -0.2) is 4.79 Å². The van der Waals surface area contributed by atoms with Crippen molar-refractivity contribution in [2.75, 3.05) is 46.4 Å². The van der Waals surface area contributed by atoms with E-state index in [0.29, 0.717) is 48.4 Å². The van der Waals surface area contributed by atoms with Crippen molar-refractivity contribution in [1.29, 1.82) is 0 Å². The molecule has 288 valence electrons. The van der Waals surface area contributed by atoms with Crippen LogP contribution in [0.3, 0.4) is 0 Å². The fourth-order valence-electron chi connectivity index (χ4n) is 12.3. The monoisotopic (exact) mass is 752 g/mol. The van der Waals surface area contributed by atoms with Gasteiger partial charge in [0.1, 0.15) is 11.2 Å². The number of aromatic amines is 1. The van der Waals surface area contributed by atoms with Crippen LogP contribution in [-0.4, -0.2) is 110 Å². The molecule has 2 aromatic carbocycles. The quantitative estimate of drug-likeness (QED) is 0.145. The molecule has 6 aliphatic rings. The number of rotatable bonds is 6. The Bertz CT molecular complexity index is 2270. The average Bonchev–Trinajstić information content (AvgIpc) is 3.91. The van der Waals surface area contributed by atoms with E-state index in [4.69, 9.17) is 18.9 Å². The lowest BCUT2D eigenvalue weighted by Gasteiger charge is -2.63. The van der Waals surface area contributed by atoms with Crippen molar-refractivity contribution in [2.45, 2.75) is 67.7 Å². The van der Waals surface area contributed by atoms with Crippen molar-refractivity contribution in [3.8, 4) is 5.75 Å². The van der Waals surface area contributed by atoms with Gasteiger partial charge in [0.2, 0.25) is 17.4 Å². The van der Waals surface area contributed by atoms with Gasteiger partial charge in [-0.2, -0.15) is 0 Å². The van der Waals surface area contributed by atoms with E-state index in [2.05, 4.69) is 15.2 Å². The maximum absolute atomic E-state index is 14.9. The lowest BCUT2D eigenvalue weighted by atomic mass is 9.47. The number of hydrogen-bond acceptors (Lipinski definition) is 12. The zero-order chi connectivity index (χ0) is 39.0. The summed E-state index contributed by atoms with van der Waals surface area (Å²) < 4.78 is 23.3. The number of ether oxygens (including phenoxy) is 4. The number of amides is 2. The second-order valence-corrected chi connectivity index (χ2v) is 15.9. The number of hydrogen-bond donors (Lipinski definition) is 3. The molecule has 1 saturated carbocycles. The van der Waals surface area contributed by atoms with Gasteiger partial charge >= 0.3 is 17.9 Å². The summed E-state index contributed by atoms with van der Waals surface area (Å²) in [6, 6.07) is 9.80. The van der Waals surface area contributed by atoms with Crippen LogP contribution in [0.15, 0.2) is 48.6 Å². The maximum atomic E-state index is 14.9. The molecule has 2 amide bonds. The third-order valence-corrected chi connectivity index (χ3v) is 14.0. The van der Waals surface area contributed by atoms with E-state index in [1.165, 1.54) is 28.3 Å². The summed E-state index contributed by atoms with van der Waals surface area (Å²) in [5.41, 5.74) is -2.80. The van der Waals surface area contributed by atoms with Gasteiger partial charge < -0.3 is 33.9 Å². The van der Waals surface area contributed by atoms with Gasteiger partial charge in [0, 0.05) is 71.3 Å². The normalized spacial score (nSPS) is 35.3. The van der Waals surface area contributed by atoms with Crippen LogP contribution >= 0.6 is 0 Å². The minimum atomic E-state index is -2.37. The summed E-state index contributed by atoms with van der Waals surface area (Å²) in [5.74, 6) is -5.28. The number of H-pyrrole nitrogens is 1. The van der Waals surface area contributed by atoms with Gasteiger partial charge in [0.15, 0.2) is 6.10 Å². The second-order valence-electron chi connectivity index (χ2n) is 15.9. The molecule has 2 aliphatic carbocycles. The number of likely N-dealkylation sites (N-methyl/N-ethyl adjacent to an activating group) is 1. The van der Waals surface area contributed by atoms with E-state index in [1.807, 2.05) is 54.3 Å². The first-order valence-corrected chi connectivity index (χ1v) is 18.7. The highest BCUT2D eigenvalue weighted by Gasteiger charge is 2.80. The lowest BCUT2D eigenvalue weighted by molar-refractivity contribution is -0.228. The third-order valence-electron chi connectivity index (χ3n) is 14.0. The molecular formula is C41H44N4O10. The number of imide groups is 1. The Morgan fingerprint density at radius 2 is 1.75 bits per heavy atom. The van der Waals surface area contributed by atoms with E-state index in [9.17, 15) is 29.1 Å². The first kappa shape index (κ1) is 35.5. The summed E-state index contributed by atoms with van der Waals surface area (Å²) in [6.45, 7) is 4.39. The van der Waals surface area contributed by atoms with Crippen molar-refractivity contribution in [2.24, 2.45) is 17.3 Å². The highest BCUT2D eigenvalue weighted by molar-refractivity contribution is 6.11. The Morgan fingerprint density at radius 3 is 2.44 bits per heavy atom. The molecule has 9 rings (SSSR count). The predicted molar refractivity (Wildman–Crippen MR) is 196 cm³/mol. The summed E-state index contributed by atoms with van der Waals surface area (Å²) in [6.07, 6.45) is 3.75. The summed E-state index contributed by atoms with van der Waals surface area (Å²) in [5, 5.41) is 16.5. The number of aromatic nitrogens is 1. The Hall–Kier alpha value is -5.21. The van der Waals surface area contributed by atoms with Crippen LogP contribution in [0.25, 0.3) is 10.9 Å². The number of methoxy groups -OCH3 is 3. The van der Waals surface area contributed by atoms with Crippen LogP contribution < -0.4 is 15.0 Å². The van der Waals surface area contributed by atoms with Crippen molar-refractivity contribution in [3.63, 3.8) is 0 Å². The minimum absolute atomic E-state index is 0.217. The number of nitrogens with zero attached hydrogens (tertiary/aromatic N) is 2. The molecule has 0 bridgehead atoms. The SMILES string of the molecule is CC[C@]12C=CCN3CC[C@@]4(c5cc([C@]6(C(=O)OC)c7[nH]c8ccccc8c7C[C@H]7C(=O)NC(=O)[C@H]76)c(OC)cc5N(C)[C@H]4[C@@](O)(C(=O)OC)[C@@H]1OC(C)=O)[C@@H]32. The molecule has 3 N–H and O–H groups in total. The van der Waals surface area contributed by atoms with Crippen molar-refractivity contribution >= 4 is 46.3 Å². The Morgan fingerprint density at radius 1 is 1.00 bits per heavy atom. The molecule has 55 heavy (non-hydrogen) atoms. The first-order valence-electron chi connectivity index (χ1n) is 18.7. The molecule has 0 radical (unpaired) electrons. The molecule has 5 heterocycles. The summed E-state index contributed by atoms with van der Waals surface area (Å²) >= 11 is 0. The number of esters is 3. The molecule has 3 aromatic rings. The molecule has 14 nitrogen and oxygen atoms in total. The van der Waals surface area contributed by atoms with Crippen LogP contribution in [0, 0.1) is 17.3 Å².